The number of fused-ring (bicyclic) bond motifs is 1. The van der Waals surface area contributed by atoms with Gasteiger partial charge in [-0.15, -0.1) is 0 Å². The van der Waals surface area contributed by atoms with Crippen molar-refractivity contribution in [3.63, 3.8) is 0 Å². The quantitative estimate of drug-likeness (QED) is 0.842. The normalized spacial score (nSPS) is 36.9. The van der Waals surface area contributed by atoms with E-state index in [0.29, 0.717) is 23.3 Å². The molecule has 0 radical (unpaired) electrons. The molecule has 1 N–H and O–H groups in total. The lowest BCUT2D eigenvalue weighted by atomic mass is 9.75. The predicted octanol–water partition coefficient (Wildman–Crippen LogP) is 2.80. The minimum atomic E-state index is 0.113. The van der Waals surface area contributed by atoms with Gasteiger partial charge in [-0.1, -0.05) is 20.3 Å². The van der Waals surface area contributed by atoms with Crippen molar-refractivity contribution in [3.8, 4) is 0 Å². The van der Waals surface area contributed by atoms with Crippen molar-refractivity contribution in [3.05, 3.63) is 0 Å². The second kappa shape index (κ2) is 5.32. The summed E-state index contributed by atoms with van der Waals surface area (Å²) >= 11 is 0. The van der Waals surface area contributed by atoms with Gasteiger partial charge in [-0.3, -0.25) is 4.79 Å². The van der Waals surface area contributed by atoms with Crippen LogP contribution in [0.1, 0.15) is 58.8 Å². The van der Waals surface area contributed by atoms with Crippen LogP contribution in [-0.4, -0.2) is 36.5 Å². The maximum atomic E-state index is 12.8. The van der Waals surface area contributed by atoms with E-state index in [9.17, 15) is 4.79 Å². The first-order valence-corrected chi connectivity index (χ1v) is 8.48. The maximum Gasteiger partial charge on any atom is 0.239 e. The number of amides is 1. The molecule has 2 aliphatic carbocycles. The maximum absolute atomic E-state index is 12.8. The molecule has 20 heavy (non-hydrogen) atoms. The molecule has 3 heteroatoms. The van der Waals surface area contributed by atoms with E-state index in [2.05, 4.69) is 24.1 Å². The Hall–Kier alpha value is -0.570. The van der Waals surface area contributed by atoms with Crippen LogP contribution in [0, 0.1) is 17.3 Å². The Kier molecular flexibility index (Phi) is 3.83. The summed E-state index contributed by atoms with van der Waals surface area (Å²) in [6, 6.07) is 0.584. The van der Waals surface area contributed by atoms with Crippen LogP contribution in [0.4, 0.5) is 0 Å². The minimum Gasteiger partial charge on any atom is -0.341 e. The molecule has 0 bridgehead atoms. The van der Waals surface area contributed by atoms with E-state index in [1.807, 2.05) is 7.05 Å². The van der Waals surface area contributed by atoms with Gasteiger partial charge < -0.3 is 10.2 Å². The van der Waals surface area contributed by atoms with Gasteiger partial charge in [0.2, 0.25) is 5.91 Å². The van der Waals surface area contributed by atoms with E-state index in [-0.39, 0.29) is 6.04 Å². The number of likely N-dealkylation sites (N-methyl/N-ethyl adjacent to an activating group) is 1. The molecule has 114 valence electrons. The predicted molar refractivity (Wildman–Crippen MR) is 81.4 cm³/mol. The molecule has 3 nitrogen and oxygen atoms in total. The summed E-state index contributed by atoms with van der Waals surface area (Å²) < 4.78 is 0. The lowest BCUT2D eigenvalue weighted by Gasteiger charge is -2.39. The van der Waals surface area contributed by atoms with E-state index in [4.69, 9.17) is 0 Å². The zero-order valence-corrected chi connectivity index (χ0v) is 13.3. The highest BCUT2D eigenvalue weighted by Crippen LogP contribution is 2.40. The molecule has 3 rings (SSSR count). The third kappa shape index (κ3) is 2.61. The fraction of sp³-hybridized carbons (Fsp3) is 0.941. The molecule has 1 amide bonds. The molecule has 3 aliphatic rings. The number of hydrogen-bond acceptors (Lipinski definition) is 2. The van der Waals surface area contributed by atoms with Gasteiger partial charge in [0.1, 0.15) is 0 Å². The molecule has 1 saturated heterocycles. The third-order valence-corrected chi connectivity index (χ3v) is 6.22. The monoisotopic (exact) mass is 278 g/mol. The van der Waals surface area contributed by atoms with Crippen LogP contribution in [0.5, 0.6) is 0 Å². The van der Waals surface area contributed by atoms with Gasteiger partial charge in [0.05, 0.1) is 6.04 Å². The Morgan fingerprint density at radius 2 is 1.85 bits per heavy atom. The number of rotatable bonds is 2. The number of nitrogens with one attached hydrogen (secondary N) is 1. The number of carbonyl (C=O) groups is 1. The van der Waals surface area contributed by atoms with Crippen LogP contribution in [0.2, 0.25) is 0 Å². The summed E-state index contributed by atoms with van der Waals surface area (Å²) in [6.07, 6.45) is 8.75. The molecule has 0 aromatic heterocycles. The van der Waals surface area contributed by atoms with E-state index in [0.717, 1.165) is 12.5 Å². The van der Waals surface area contributed by atoms with Crippen molar-refractivity contribution in [1.29, 1.82) is 0 Å². The summed E-state index contributed by atoms with van der Waals surface area (Å²) in [6.45, 7) is 5.77. The largest absolute Gasteiger partial charge is 0.341 e. The van der Waals surface area contributed by atoms with Crippen molar-refractivity contribution >= 4 is 5.91 Å². The SMILES string of the molecule is CN(C(=O)C1NCC2CCCC21)C1CCC(C)(C)CC1. The van der Waals surface area contributed by atoms with Gasteiger partial charge in [0, 0.05) is 13.1 Å². The van der Waals surface area contributed by atoms with Crippen LogP contribution in [-0.2, 0) is 4.79 Å². The topological polar surface area (TPSA) is 32.3 Å². The smallest absolute Gasteiger partial charge is 0.239 e. The molecule has 2 saturated carbocycles. The Morgan fingerprint density at radius 3 is 2.55 bits per heavy atom. The summed E-state index contributed by atoms with van der Waals surface area (Å²) in [7, 11) is 2.04. The van der Waals surface area contributed by atoms with Crippen LogP contribution in [0.15, 0.2) is 0 Å². The second-order valence-electron chi connectivity index (χ2n) is 8.09. The molecular formula is C17H30N2O. The summed E-state index contributed by atoms with van der Waals surface area (Å²) in [4.78, 5) is 14.9. The second-order valence-corrected chi connectivity index (χ2v) is 8.09. The molecule has 1 aliphatic heterocycles. The van der Waals surface area contributed by atoms with Gasteiger partial charge in [-0.25, -0.2) is 0 Å². The van der Waals surface area contributed by atoms with E-state index >= 15 is 0 Å². The average molecular weight is 278 g/mol. The van der Waals surface area contributed by atoms with Crippen LogP contribution in [0.25, 0.3) is 0 Å². The number of carbonyl (C=O) groups excluding carboxylic acids is 1. The first kappa shape index (κ1) is 14.4. The van der Waals surface area contributed by atoms with E-state index in [1.54, 1.807) is 0 Å². The lowest BCUT2D eigenvalue weighted by Crippen LogP contribution is -2.49. The fourth-order valence-corrected chi connectivity index (χ4v) is 4.63. The van der Waals surface area contributed by atoms with Crippen LogP contribution < -0.4 is 5.32 Å². The minimum absolute atomic E-state index is 0.113. The van der Waals surface area contributed by atoms with Gasteiger partial charge in [0.25, 0.3) is 0 Å². The molecule has 0 aromatic rings. The van der Waals surface area contributed by atoms with Crippen molar-refractivity contribution < 1.29 is 4.79 Å². The van der Waals surface area contributed by atoms with Gasteiger partial charge in [-0.05, 0) is 62.3 Å². The molecular weight excluding hydrogens is 248 g/mol. The Labute approximate surface area is 123 Å². The number of hydrogen-bond donors (Lipinski definition) is 1. The molecule has 0 aromatic carbocycles. The zero-order chi connectivity index (χ0) is 14.3. The number of nitrogens with zero attached hydrogens (tertiary/aromatic N) is 1. The highest BCUT2D eigenvalue weighted by molar-refractivity contribution is 5.82. The summed E-state index contributed by atoms with van der Waals surface area (Å²) in [5, 5.41) is 3.50. The third-order valence-electron chi connectivity index (χ3n) is 6.22. The molecule has 3 atom stereocenters. The Bertz CT molecular complexity index is 369. The highest BCUT2D eigenvalue weighted by atomic mass is 16.2. The molecule has 1 heterocycles. The van der Waals surface area contributed by atoms with Crippen molar-refractivity contribution in [2.45, 2.75) is 70.9 Å². The van der Waals surface area contributed by atoms with Crippen molar-refractivity contribution in [2.24, 2.45) is 17.3 Å². The van der Waals surface area contributed by atoms with Crippen molar-refractivity contribution in [1.82, 2.24) is 10.2 Å². The van der Waals surface area contributed by atoms with Crippen LogP contribution >= 0.6 is 0 Å². The van der Waals surface area contributed by atoms with Gasteiger partial charge in [-0.2, -0.15) is 0 Å². The first-order chi connectivity index (χ1) is 9.48. The first-order valence-electron chi connectivity index (χ1n) is 8.48. The molecule has 0 spiro atoms. The standard InChI is InChI=1S/C17H30N2O/c1-17(2)9-7-13(8-10-17)19(3)16(20)15-14-6-4-5-12(14)11-18-15/h12-15,18H,4-11H2,1-3H3. The molecule has 3 unspecified atom stereocenters. The molecule has 3 fully saturated rings. The van der Waals surface area contributed by atoms with Gasteiger partial charge >= 0.3 is 0 Å². The summed E-state index contributed by atoms with van der Waals surface area (Å²) in [5.41, 5.74) is 0.475. The Morgan fingerprint density at radius 1 is 1.15 bits per heavy atom. The van der Waals surface area contributed by atoms with E-state index < -0.39 is 0 Å². The average Bonchev–Trinajstić information content (AvgIpc) is 2.99. The zero-order valence-electron chi connectivity index (χ0n) is 13.3. The van der Waals surface area contributed by atoms with Crippen LogP contribution in [0.3, 0.4) is 0 Å². The lowest BCUT2D eigenvalue weighted by molar-refractivity contribution is -0.136. The summed E-state index contributed by atoms with van der Waals surface area (Å²) in [5.74, 6) is 1.75. The highest BCUT2D eigenvalue weighted by Gasteiger charge is 2.44. The van der Waals surface area contributed by atoms with E-state index in [1.165, 1.54) is 44.9 Å². The fourth-order valence-electron chi connectivity index (χ4n) is 4.63. The Balaban J connectivity index is 1.60. The van der Waals surface area contributed by atoms with Crippen molar-refractivity contribution in [2.75, 3.05) is 13.6 Å². The van der Waals surface area contributed by atoms with Gasteiger partial charge in [0.15, 0.2) is 0 Å².